The van der Waals surface area contributed by atoms with Crippen molar-refractivity contribution in [2.45, 2.75) is 27.2 Å². The van der Waals surface area contributed by atoms with E-state index in [1.807, 2.05) is 19.2 Å². The van der Waals surface area contributed by atoms with Crippen LogP contribution in [0.3, 0.4) is 0 Å². The van der Waals surface area contributed by atoms with E-state index in [1.54, 1.807) is 12.1 Å². The molecule has 0 radical (unpaired) electrons. The zero-order chi connectivity index (χ0) is 16.9. The standard InChI is InChI=1S/C17H24N4O2/c1-17(2,3)11-14-20-15(21-23-14)12-6-5-7-13(10-12)16(22)19-9-8-18-4/h5-7,10,18H,8-9,11H2,1-4H3,(H,19,22). The molecule has 0 atom stereocenters. The number of aromatic nitrogens is 2. The second-order valence-corrected chi connectivity index (χ2v) is 6.69. The molecule has 23 heavy (non-hydrogen) atoms. The zero-order valence-corrected chi connectivity index (χ0v) is 14.1. The molecule has 2 aromatic rings. The van der Waals surface area contributed by atoms with Crippen molar-refractivity contribution in [1.82, 2.24) is 20.8 Å². The van der Waals surface area contributed by atoms with Gasteiger partial charge in [0.25, 0.3) is 5.91 Å². The van der Waals surface area contributed by atoms with Crippen molar-refractivity contribution in [1.29, 1.82) is 0 Å². The maximum atomic E-state index is 12.1. The smallest absolute Gasteiger partial charge is 0.251 e. The quantitative estimate of drug-likeness (QED) is 0.799. The molecule has 0 unspecified atom stereocenters. The molecule has 124 valence electrons. The van der Waals surface area contributed by atoms with Crippen molar-refractivity contribution >= 4 is 5.91 Å². The van der Waals surface area contributed by atoms with Gasteiger partial charge in [-0.15, -0.1) is 0 Å². The number of rotatable bonds is 6. The van der Waals surface area contributed by atoms with Gasteiger partial charge < -0.3 is 15.2 Å². The van der Waals surface area contributed by atoms with Crippen molar-refractivity contribution in [3.8, 4) is 11.4 Å². The van der Waals surface area contributed by atoms with Crippen molar-refractivity contribution in [2.75, 3.05) is 20.1 Å². The average Bonchev–Trinajstić information content (AvgIpc) is 2.94. The number of hydrogen-bond donors (Lipinski definition) is 2. The van der Waals surface area contributed by atoms with Crippen LogP contribution in [-0.4, -0.2) is 36.2 Å². The van der Waals surface area contributed by atoms with Gasteiger partial charge in [-0.05, 0) is 24.6 Å². The Morgan fingerprint density at radius 2 is 2.04 bits per heavy atom. The Labute approximate surface area is 136 Å². The summed E-state index contributed by atoms with van der Waals surface area (Å²) in [5, 5.41) is 9.85. The lowest BCUT2D eigenvalue weighted by Gasteiger charge is -2.13. The Kier molecular flexibility index (Phi) is 5.50. The normalized spacial score (nSPS) is 11.5. The first-order valence-electron chi connectivity index (χ1n) is 7.75. The second-order valence-electron chi connectivity index (χ2n) is 6.69. The molecule has 2 rings (SSSR count). The maximum absolute atomic E-state index is 12.1. The van der Waals surface area contributed by atoms with Crippen molar-refractivity contribution in [2.24, 2.45) is 5.41 Å². The van der Waals surface area contributed by atoms with Gasteiger partial charge in [-0.25, -0.2) is 0 Å². The highest BCUT2D eigenvalue weighted by Gasteiger charge is 2.17. The monoisotopic (exact) mass is 316 g/mol. The summed E-state index contributed by atoms with van der Waals surface area (Å²) in [6.45, 7) is 7.66. The first kappa shape index (κ1) is 17.1. The molecular weight excluding hydrogens is 292 g/mol. The van der Waals surface area contributed by atoms with Gasteiger partial charge in [0.2, 0.25) is 11.7 Å². The summed E-state index contributed by atoms with van der Waals surface area (Å²) in [4.78, 5) is 16.5. The molecule has 1 aromatic carbocycles. The molecule has 6 nitrogen and oxygen atoms in total. The highest BCUT2D eigenvalue weighted by Crippen LogP contribution is 2.22. The van der Waals surface area contributed by atoms with Crippen LogP contribution in [0.5, 0.6) is 0 Å². The summed E-state index contributed by atoms with van der Waals surface area (Å²) in [5.41, 5.74) is 1.44. The fourth-order valence-electron chi connectivity index (χ4n) is 2.10. The summed E-state index contributed by atoms with van der Waals surface area (Å²) in [7, 11) is 1.85. The predicted molar refractivity (Wildman–Crippen MR) is 89.2 cm³/mol. The van der Waals surface area contributed by atoms with Gasteiger partial charge in [-0.2, -0.15) is 4.98 Å². The Morgan fingerprint density at radius 1 is 1.26 bits per heavy atom. The fraction of sp³-hybridized carbons (Fsp3) is 0.471. The van der Waals surface area contributed by atoms with E-state index in [9.17, 15) is 4.79 Å². The summed E-state index contributed by atoms with van der Waals surface area (Å²) in [6.07, 6.45) is 0.712. The SMILES string of the molecule is CNCCNC(=O)c1cccc(-c2noc(CC(C)(C)C)n2)c1. The van der Waals surface area contributed by atoms with E-state index in [1.165, 1.54) is 0 Å². The first-order chi connectivity index (χ1) is 10.9. The van der Waals surface area contributed by atoms with Crippen LogP contribution in [-0.2, 0) is 6.42 Å². The van der Waals surface area contributed by atoms with E-state index in [2.05, 4.69) is 41.5 Å². The minimum absolute atomic E-state index is 0.0822. The lowest BCUT2D eigenvalue weighted by molar-refractivity contribution is 0.0954. The lowest BCUT2D eigenvalue weighted by atomic mass is 9.92. The third-order valence-corrected chi connectivity index (χ3v) is 3.19. The molecule has 1 aromatic heterocycles. The Bertz CT molecular complexity index is 659. The van der Waals surface area contributed by atoms with Crippen molar-refractivity contribution < 1.29 is 9.32 Å². The van der Waals surface area contributed by atoms with Crippen LogP contribution < -0.4 is 10.6 Å². The number of likely N-dealkylation sites (N-methyl/N-ethyl adjacent to an activating group) is 1. The molecule has 0 aliphatic heterocycles. The molecular formula is C17H24N4O2. The minimum Gasteiger partial charge on any atom is -0.351 e. The largest absolute Gasteiger partial charge is 0.351 e. The summed E-state index contributed by atoms with van der Waals surface area (Å²) < 4.78 is 5.30. The van der Waals surface area contributed by atoms with Gasteiger partial charge in [-0.3, -0.25) is 4.79 Å². The summed E-state index contributed by atoms with van der Waals surface area (Å²) in [5.74, 6) is 1.01. The molecule has 2 N–H and O–H groups in total. The van der Waals surface area contributed by atoms with Crippen LogP contribution in [0.15, 0.2) is 28.8 Å². The predicted octanol–water partition coefficient (Wildman–Crippen LogP) is 2.27. The maximum Gasteiger partial charge on any atom is 0.251 e. The molecule has 0 saturated heterocycles. The summed E-state index contributed by atoms with van der Waals surface area (Å²) >= 11 is 0. The summed E-state index contributed by atoms with van der Waals surface area (Å²) in [6, 6.07) is 7.24. The molecule has 1 amide bonds. The number of benzene rings is 1. The van der Waals surface area contributed by atoms with Gasteiger partial charge >= 0.3 is 0 Å². The molecule has 6 heteroatoms. The molecule has 0 spiro atoms. The number of amides is 1. The van der Waals surface area contributed by atoms with E-state index in [0.717, 1.165) is 12.1 Å². The Hall–Kier alpha value is -2.21. The van der Waals surface area contributed by atoms with Crippen LogP contribution in [0.2, 0.25) is 0 Å². The van der Waals surface area contributed by atoms with Crippen molar-refractivity contribution in [3.05, 3.63) is 35.7 Å². The lowest BCUT2D eigenvalue weighted by Crippen LogP contribution is -2.30. The van der Waals surface area contributed by atoms with Gasteiger partial charge in [0.05, 0.1) is 0 Å². The number of nitrogens with one attached hydrogen (secondary N) is 2. The number of hydrogen-bond acceptors (Lipinski definition) is 5. The fourth-order valence-corrected chi connectivity index (χ4v) is 2.10. The number of nitrogens with zero attached hydrogens (tertiary/aromatic N) is 2. The van der Waals surface area contributed by atoms with E-state index < -0.39 is 0 Å². The topological polar surface area (TPSA) is 80.0 Å². The molecule has 0 saturated carbocycles. The third kappa shape index (κ3) is 5.17. The van der Waals surface area contributed by atoms with Crippen LogP contribution in [0.25, 0.3) is 11.4 Å². The van der Waals surface area contributed by atoms with E-state index in [0.29, 0.717) is 30.2 Å². The van der Waals surface area contributed by atoms with E-state index in [-0.39, 0.29) is 11.3 Å². The average molecular weight is 316 g/mol. The van der Waals surface area contributed by atoms with Gasteiger partial charge in [0, 0.05) is 30.6 Å². The van der Waals surface area contributed by atoms with Crippen LogP contribution >= 0.6 is 0 Å². The number of carbonyl (C=O) groups excluding carboxylic acids is 1. The highest BCUT2D eigenvalue weighted by molar-refractivity contribution is 5.95. The zero-order valence-electron chi connectivity index (χ0n) is 14.1. The molecule has 0 aliphatic carbocycles. The number of carbonyl (C=O) groups is 1. The third-order valence-electron chi connectivity index (χ3n) is 3.19. The second kappa shape index (κ2) is 7.37. The minimum atomic E-state index is -0.111. The van der Waals surface area contributed by atoms with Gasteiger partial charge in [-0.1, -0.05) is 38.1 Å². The Morgan fingerprint density at radius 3 is 2.74 bits per heavy atom. The van der Waals surface area contributed by atoms with Crippen molar-refractivity contribution in [3.63, 3.8) is 0 Å². The molecule has 0 bridgehead atoms. The molecule has 0 aliphatic rings. The van der Waals surface area contributed by atoms with E-state index >= 15 is 0 Å². The first-order valence-corrected chi connectivity index (χ1v) is 7.75. The van der Waals surface area contributed by atoms with Gasteiger partial charge in [0.1, 0.15) is 0 Å². The van der Waals surface area contributed by atoms with E-state index in [4.69, 9.17) is 4.52 Å². The Balaban J connectivity index is 2.12. The molecule has 0 fully saturated rings. The van der Waals surface area contributed by atoms with Gasteiger partial charge in [0.15, 0.2) is 0 Å². The molecule has 1 heterocycles. The van der Waals surface area contributed by atoms with Crippen LogP contribution in [0, 0.1) is 5.41 Å². The highest BCUT2D eigenvalue weighted by atomic mass is 16.5. The van der Waals surface area contributed by atoms with Crippen LogP contribution in [0.1, 0.15) is 37.0 Å². The van der Waals surface area contributed by atoms with Crippen LogP contribution in [0.4, 0.5) is 0 Å².